The number of halogens is 2. The Kier molecular flexibility index (Phi) is 5.84. The largest absolute Gasteiger partial charge is 0.436 e. The van der Waals surface area contributed by atoms with Gasteiger partial charge in [0.25, 0.3) is 0 Å². The number of nitrogens with zero attached hydrogens (tertiary/aromatic N) is 1. The number of hydrogen-bond acceptors (Lipinski definition) is 5. The second-order valence-corrected chi connectivity index (χ2v) is 6.49. The van der Waals surface area contributed by atoms with Crippen molar-refractivity contribution in [3.8, 4) is 11.6 Å². The molecular formula is C19H19F2N3O4. The molecular weight excluding hydrogens is 372 g/mol. The molecule has 3 amide bonds. The molecule has 2 N–H and O–H groups in total. The summed E-state index contributed by atoms with van der Waals surface area (Å²) in [4.78, 5) is 27.6. The summed E-state index contributed by atoms with van der Waals surface area (Å²) in [6.45, 7) is 1.58. The molecule has 0 aliphatic heterocycles. The highest BCUT2D eigenvalue weighted by Gasteiger charge is 2.35. The molecule has 0 radical (unpaired) electrons. The van der Waals surface area contributed by atoms with Crippen LogP contribution in [-0.4, -0.2) is 30.1 Å². The van der Waals surface area contributed by atoms with Gasteiger partial charge in [0.05, 0.1) is 12.3 Å². The van der Waals surface area contributed by atoms with E-state index in [4.69, 9.17) is 9.47 Å². The van der Waals surface area contributed by atoms with E-state index in [9.17, 15) is 18.4 Å². The fourth-order valence-electron chi connectivity index (χ4n) is 2.81. The lowest BCUT2D eigenvalue weighted by Gasteiger charge is -2.32. The second kappa shape index (κ2) is 8.30. The van der Waals surface area contributed by atoms with Crippen LogP contribution >= 0.6 is 0 Å². The minimum absolute atomic E-state index is 0.0299. The molecule has 7 nitrogen and oxygen atoms in total. The van der Waals surface area contributed by atoms with Crippen LogP contribution in [0.1, 0.15) is 18.4 Å². The van der Waals surface area contributed by atoms with E-state index in [1.807, 2.05) is 0 Å². The first-order valence-electron chi connectivity index (χ1n) is 8.60. The number of pyridine rings is 1. The molecule has 148 valence electrons. The molecule has 2 aromatic rings. The number of methoxy groups -OCH3 is 1. The molecule has 1 aliphatic carbocycles. The Labute approximate surface area is 160 Å². The highest BCUT2D eigenvalue weighted by Crippen LogP contribution is 2.31. The number of carbonyl (C=O) groups is 2. The summed E-state index contributed by atoms with van der Waals surface area (Å²) < 4.78 is 37.7. The molecule has 3 rings (SSSR count). The molecule has 28 heavy (non-hydrogen) atoms. The number of amides is 3. The number of hydrogen-bond donors (Lipinski definition) is 2. The number of nitrogens with one attached hydrogen (secondary N) is 2. The zero-order valence-corrected chi connectivity index (χ0v) is 15.3. The summed E-state index contributed by atoms with van der Waals surface area (Å²) >= 11 is 0. The molecule has 0 atom stereocenters. The Morgan fingerprint density at radius 2 is 1.96 bits per heavy atom. The van der Waals surface area contributed by atoms with Crippen LogP contribution in [0.25, 0.3) is 0 Å². The first-order valence-corrected chi connectivity index (χ1v) is 8.60. The maximum atomic E-state index is 14.4. The normalized spacial score (nSPS) is 18.1. The van der Waals surface area contributed by atoms with E-state index in [1.165, 1.54) is 12.1 Å². The van der Waals surface area contributed by atoms with E-state index < -0.39 is 23.6 Å². The lowest BCUT2D eigenvalue weighted by Crippen LogP contribution is -2.45. The van der Waals surface area contributed by atoms with Gasteiger partial charge in [0.2, 0.25) is 11.8 Å². The molecule has 1 heterocycles. The standard InChI is InChI=1S/C19H19F2N3O4/c1-10-5-13(23-19(26)24-18(25)11-6-14(7-11)27-2)8-15(21)17(10)28-16-4-3-12(20)9-22-16/h3-5,8-9,11,14H,6-7H2,1-2H3,(H2,23,24,25,26). The molecule has 1 aromatic carbocycles. The average molecular weight is 391 g/mol. The van der Waals surface area contributed by atoms with Crippen molar-refractivity contribution in [3.63, 3.8) is 0 Å². The SMILES string of the molecule is COC1CC(C(=O)NC(=O)Nc2cc(C)c(Oc3ccc(F)cn3)c(F)c2)C1. The Hall–Kier alpha value is -3.07. The monoisotopic (exact) mass is 391 g/mol. The number of anilines is 1. The number of ether oxygens (including phenoxy) is 2. The van der Waals surface area contributed by atoms with Crippen LogP contribution in [-0.2, 0) is 9.53 Å². The van der Waals surface area contributed by atoms with Gasteiger partial charge in [-0.2, -0.15) is 0 Å². The fraction of sp³-hybridized carbons (Fsp3) is 0.316. The van der Waals surface area contributed by atoms with E-state index in [1.54, 1.807) is 14.0 Å². The first-order chi connectivity index (χ1) is 13.4. The van der Waals surface area contributed by atoms with Gasteiger partial charge < -0.3 is 14.8 Å². The van der Waals surface area contributed by atoms with Crippen molar-refractivity contribution in [2.24, 2.45) is 5.92 Å². The van der Waals surface area contributed by atoms with Gasteiger partial charge in [-0.1, -0.05) is 0 Å². The minimum atomic E-state index is -0.751. The molecule has 1 saturated carbocycles. The van der Waals surface area contributed by atoms with Gasteiger partial charge in [0, 0.05) is 30.8 Å². The zero-order chi connectivity index (χ0) is 20.3. The zero-order valence-electron chi connectivity index (χ0n) is 15.3. The van der Waals surface area contributed by atoms with Crippen LogP contribution in [0.15, 0.2) is 30.5 Å². The van der Waals surface area contributed by atoms with Gasteiger partial charge in [-0.05, 0) is 37.5 Å². The van der Waals surface area contributed by atoms with Gasteiger partial charge in [-0.3, -0.25) is 10.1 Å². The van der Waals surface area contributed by atoms with Crippen molar-refractivity contribution in [1.29, 1.82) is 0 Å². The van der Waals surface area contributed by atoms with Crippen molar-refractivity contribution >= 4 is 17.6 Å². The van der Waals surface area contributed by atoms with E-state index in [2.05, 4.69) is 15.6 Å². The smallest absolute Gasteiger partial charge is 0.325 e. The third-order valence-corrected chi connectivity index (χ3v) is 4.43. The van der Waals surface area contributed by atoms with Gasteiger partial charge in [0.1, 0.15) is 5.82 Å². The van der Waals surface area contributed by atoms with Crippen LogP contribution in [0.3, 0.4) is 0 Å². The molecule has 1 aromatic heterocycles. The summed E-state index contributed by atoms with van der Waals surface area (Å²) in [6.07, 6.45) is 2.12. The number of carbonyl (C=O) groups excluding carboxylic acids is 2. The van der Waals surface area contributed by atoms with Crippen molar-refractivity contribution in [2.75, 3.05) is 12.4 Å². The second-order valence-electron chi connectivity index (χ2n) is 6.49. The Morgan fingerprint density at radius 3 is 2.57 bits per heavy atom. The molecule has 0 unspecified atom stereocenters. The van der Waals surface area contributed by atoms with Gasteiger partial charge >= 0.3 is 6.03 Å². The summed E-state index contributed by atoms with van der Waals surface area (Å²) in [5, 5.41) is 4.65. The van der Waals surface area contributed by atoms with E-state index in [0.717, 1.165) is 18.3 Å². The maximum absolute atomic E-state index is 14.4. The number of aromatic nitrogens is 1. The predicted octanol–water partition coefficient (Wildman–Crippen LogP) is 3.53. The predicted molar refractivity (Wildman–Crippen MR) is 96.1 cm³/mol. The third-order valence-electron chi connectivity index (χ3n) is 4.43. The average Bonchev–Trinajstić information content (AvgIpc) is 2.58. The molecule has 0 spiro atoms. The number of benzene rings is 1. The van der Waals surface area contributed by atoms with E-state index in [-0.39, 0.29) is 29.3 Å². The summed E-state index contributed by atoms with van der Waals surface area (Å²) in [7, 11) is 1.57. The van der Waals surface area contributed by atoms with Crippen molar-refractivity contribution < 1.29 is 27.8 Å². The number of rotatable bonds is 5. The Bertz CT molecular complexity index is 860. The van der Waals surface area contributed by atoms with Crippen molar-refractivity contribution in [3.05, 3.63) is 47.7 Å². The van der Waals surface area contributed by atoms with Crippen LogP contribution in [0.2, 0.25) is 0 Å². The summed E-state index contributed by atoms with van der Waals surface area (Å²) in [6, 6.07) is 4.20. The summed E-state index contributed by atoms with van der Waals surface area (Å²) in [5.41, 5.74) is 0.540. The van der Waals surface area contributed by atoms with Gasteiger partial charge in [-0.25, -0.2) is 18.6 Å². The quantitative estimate of drug-likeness (QED) is 0.814. The number of urea groups is 1. The lowest BCUT2D eigenvalue weighted by atomic mass is 9.81. The minimum Gasteiger partial charge on any atom is -0.436 e. The molecule has 1 aliphatic rings. The van der Waals surface area contributed by atoms with Crippen molar-refractivity contribution in [2.45, 2.75) is 25.9 Å². The van der Waals surface area contributed by atoms with Crippen LogP contribution in [0.5, 0.6) is 11.6 Å². The highest BCUT2D eigenvalue weighted by atomic mass is 19.1. The van der Waals surface area contributed by atoms with E-state index >= 15 is 0 Å². The van der Waals surface area contributed by atoms with E-state index in [0.29, 0.717) is 18.4 Å². The summed E-state index contributed by atoms with van der Waals surface area (Å²) in [5.74, 6) is -2.01. The lowest BCUT2D eigenvalue weighted by molar-refractivity contribution is -0.131. The van der Waals surface area contributed by atoms with Crippen LogP contribution in [0.4, 0.5) is 19.3 Å². The maximum Gasteiger partial charge on any atom is 0.325 e. The van der Waals surface area contributed by atoms with Crippen LogP contribution in [0, 0.1) is 24.5 Å². The van der Waals surface area contributed by atoms with Crippen molar-refractivity contribution in [1.82, 2.24) is 10.3 Å². The molecule has 1 fully saturated rings. The molecule has 0 saturated heterocycles. The topological polar surface area (TPSA) is 89.5 Å². The first kappa shape index (κ1) is 19.7. The van der Waals surface area contributed by atoms with Gasteiger partial charge in [0.15, 0.2) is 11.6 Å². The van der Waals surface area contributed by atoms with Gasteiger partial charge in [-0.15, -0.1) is 0 Å². The molecule has 0 bridgehead atoms. The Balaban J connectivity index is 1.61. The Morgan fingerprint density at radius 1 is 1.21 bits per heavy atom. The molecule has 9 heteroatoms. The van der Waals surface area contributed by atoms with Crippen LogP contribution < -0.4 is 15.4 Å². The number of aryl methyl sites for hydroxylation is 1. The third kappa shape index (κ3) is 4.61. The highest BCUT2D eigenvalue weighted by molar-refractivity contribution is 6.02. The number of imide groups is 1. The fourth-order valence-corrected chi connectivity index (χ4v) is 2.81.